The van der Waals surface area contributed by atoms with Crippen LogP contribution in [0.4, 0.5) is 19.0 Å². The number of ether oxygens (including phenoxy) is 1. The average Bonchev–Trinajstić information content (AvgIpc) is 3.44. The lowest BCUT2D eigenvalue weighted by molar-refractivity contribution is -0.137. The number of alkyl halides is 3. The Labute approximate surface area is 238 Å². The maximum Gasteiger partial charge on any atom is 0.417 e. The van der Waals surface area contributed by atoms with Gasteiger partial charge in [-0.25, -0.2) is 4.98 Å². The number of anilines is 1. The minimum Gasteiger partial charge on any atom is -0.379 e. The van der Waals surface area contributed by atoms with E-state index in [1.807, 2.05) is 47.1 Å². The van der Waals surface area contributed by atoms with E-state index in [-0.39, 0.29) is 17.9 Å². The fourth-order valence-electron chi connectivity index (χ4n) is 5.62. The number of hydrogen-bond acceptors (Lipinski definition) is 6. The van der Waals surface area contributed by atoms with Crippen molar-refractivity contribution in [1.29, 1.82) is 0 Å². The topological polar surface area (TPSA) is 75.5 Å². The number of carbonyl (C=O) groups excluding carboxylic acids is 1. The van der Waals surface area contributed by atoms with Gasteiger partial charge in [-0.15, -0.1) is 0 Å². The second kappa shape index (κ2) is 12.6. The molecule has 2 aliphatic heterocycles. The van der Waals surface area contributed by atoms with Gasteiger partial charge in [-0.1, -0.05) is 24.6 Å². The summed E-state index contributed by atoms with van der Waals surface area (Å²) in [5, 5.41) is 7.73. The van der Waals surface area contributed by atoms with Crippen LogP contribution < -0.4 is 5.32 Å². The van der Waals surface area contributed by atoms with Gasteiger partial charge in [-0.3, -0.25) is 14.4 Å². The van der Waals surface area contributed by atoms with Crippen molar-refractivity contribution in [3.8, 4) is 11.1 Å². The van der Waals surface area contributed by atoms with E-state index in [1.54, 1.807) is 0 Å². The molecule has 4 heterocycles. The van der Waals surface area contributed by atoms with E-state index in [0.717, 1.165) is 81.2 Å². The molecule has 2 atom stereocenters. The van der Waals surface area contributed by atoms with E-state index in [2.05, 4.69) is 27.2 Å². The predicted octanol–water partition coefficient (Wildman–Crippen LogP) is 4.96. The summed E-state index contributed by atoms with van der Waals surface area (Å²) in [5.41, 5.74) is 2.56. The molecule has 5 rings (SSSR count). The quantitative estimate of drug-likeness (QED) is 0.413. The number of halogens is 3. The molecule has 0 saturated carbocycles. The highest BCUT2D eigenvalue weighted by Gasteiger charge is 2.34. The lowest BCUT2D eigenvalue weighted by Gasteiger charge is -2.40. The monoisotopic (exact) mass is 570 g/mol. The fraction of sp³-hybridized carbons (Fsp3) is 0.500. The Morgan fingerprint density at radius 2 is 1.90 bits per heavy atom. The van der Waals surface area contributed by atoms with Crippen molar-refractivity contribution in [2.24, 2.45) is 5.92 Å². The van der Waals surface area contributed by atoms with Crippen LogP contribution in [0.5, 0.6) is 0 Å². The predicted molar refractivity (Wildman–Crippen MR) is 151 cm³/mol. The molecule has 0 unspecified atom stereocenters. The normalized spacial score (nSPS) is 20.3. The summed E-state index contributed by atoms with van der Waals surface area (Å²) in [5.74, 6) is 0.512. The Morgan fingerprint density at radius 3 is 2.63 bits per heavy atom. The van der Waals surface area contributed by atoms with Gasteiger partial charge in [0.1, 0.15) is 5.82 Å². The Balaban J connectivity index is 1.31. The van der Waals surface area contributed by atoms with Crippen LogP contribution in [0.25, 0.3) is 11.1 Å². The Hall–Kier alpha value is -3.44. The molecule has 1 aromatic carbocycles. The molecule has 2 fully saturated rings. The van der Waals surface area contributed by atoms with Crippen molar-refractivity contribution in [2.75, 3.05) is 51.3 Å². The number of likely N-dealkylation sites (tertiary alicyclic amines) is 1. The lowest BCUT2D eigenvalue weighted by atomic mass is 9.89. The van der Waals surface area contributed by atoms with Crippen molar-refractivity contribution in [3.05, 3.63) is 65.6 Å². The molecule has 2 aliphatic rings. The zero-order valence-electron chi connectivity index (χ0n) is 23.5. The van der Waals surface area contributed by atoms with E-state index < -0.39 is 11.7 Å². The van der Waals surface area contributed by atoms with Crippen molar-refractivity contribution in [3.63, 3.8) is 0 Å². The van der Waals surface area contributed by atoms with Crippen LogP contribution in [0.2, 0.25) is 0 Å². The van der Waals surface area contributed by atoms with Crippen LogP contribution >= 0.6 is 0 Å². The first-order valence-electron chi connectivity index (χ1n) is 14.2. The second-order valence-electron chi connectivity index (χ2n) is 11.0. The molecular weight excluding hydrogens is 533 g/mol. The average molecular weight is 571 g/mol. The Morgan fingerprint density at radius 1 is 1.10 bits per heavy atom. The molecule has 0 bridgehead atoms. The minimum atomic E-state index is -4.43. The van der Waals surface area contributed by atoms with Gasteiger partial charge < -0.3 is 15.0 Å². The number of aromatic nitrogens is 3. The molecule has 0 radical (unpaired) electrons. The summed E-state index contributed by atoms with van der Waals surface area (Å²) in [6.45, 7) is 10.1. The third-order valence-electron chi connectivity index (χ3n) is 8.06. The van der Waals surface area contributed by atoms with Gasteiger partial charge in [0.2, 0.25) is 0 Å². The van der Waals surface area contributed by atoms with E-state index in [0.29, 0.717) is 24.5 Å². The van der Waals surface area contributed by atoms with Gasteiger partial charge in [-0.2, -0.15) is 18.3 Å². The number of amides is 1. The van der Waals surface area contributed by atoms with Crippen molar-refractivity contribution >= 4 is 11.7 Å². The van der Waals surface area contributed by atoms with Gasteiger partial charge in [0, 0.05) is 56.2 Å². The number of benzene rings is 1. The van der Waals surface area contributed by atoms with Crippen LogP contribution in [-0.2, 0) is 17.5 Å². The van der Waals surface area contributed by atoms with Gasteiger partial charge >= 0.3 is 6.18 Å². The zero-order valence-corrected chi connectivity index (χ0v) is 23.5. The van der Waals surface area contributed by atoms with Crippen LogP contribution in [0.3, 0.4) is 0 Å². The lowest BCUT2D eigenvalue weighted by Crippen LogP contribution is -2.51. The summed E-state index contributed by atoms with van der Waals surface area (Å²) in [6, 6.07) is 8.14. The van der Waals surface area contributed by atoms with Gasteiger partial charge in [0.05, 0.1) is 37.6 Å². The molecule has 8 nitrogen and oxygen atoms in total. The molecule has 2 aromatic heterocycles. The number of rotatable bonds is 8. The first kappa shape index (κ1) is 29.1. The number of nitrogens with one attached hydrogen (secondary N) is 1. The van der Waals surface area contributed by atoms with Crippen molar-refractivity contribution in [1.82, 2.24) is 24.6 Å². The van der Waals surface area contributed by atoms with Crippen molar-refractivity contribution in [2.45, 2.75) is 45.5 Å². The molecule has 2 saturated heterocycles. The van der Waals surface area contributed by atoms with E-state index >= 15 is 0 Å². The molecule has 1 N–H and O–H groups in total. The zero-order chi connectivity index (χ0) is 29.0. The van der Waals surface area contributed by atoms with E-state index in [1.165, 1.54) is 6.07 Å². The third-order valence-corrected chi connectivity index (χ3v) is 8.06. The third kappa shape index (κ3) is 7.08. The fourth-order valence-corrected chi connectivity index (χ4v) is 5.62. The maximum atomic E-state index is 14.1. The summed E-state index contributed by atoms with van der Waals surface area (Å²) in [4.78, 5) is 22.3. The van der Waals surface area contributed by atoms with Crippen LogP contribution in [0.15, 0.2) is 48.9 Å². The van der Waals surface area contributed by atoms with E-state index in [9.17, 15) is 18.0 Å². The molecular formula is C30H37F3N6O2. The molecule has 11 heteroatoms. The smallest absolute Gasteiger partial charge is 0.379 e. The highest BCUT2D eigenvalue weighted by atomic mass is 19.4. The number of hydrogen-bond donors (Lipinski definition) is 1. The Kier molecular flexibility index (Phi) is 8.94. The van der Waals surface area contributed by atoms with Crippen molar-refractivity contribution < 1.29 is 22.7 Å². The summed E-state index contributed by atoms with van der Waals surface area (Å²) in [7, 11) is 0. The first-order chi connectivity index (χ1) is 19.7. The molecule has 0 aliphatic carbocycles. The van der Waals surface area contributed by atoms with E-state index in [4.69, 9.17) is 4.74 Å². The molecule has 3 aromatic rings. The standard InChI is InChI=1S/C30H37F3N6O2/c1-21-5-7-25(23-17-36-38(20-23)11-10-37-12-14-41-15-13-37)26(16-21)29(40)39-9-3-4-22(2)27(39)19-35-28-8-6-24(18-34-28)30(31,32)33/h5-8,16-18,20,22,27H,3-4,9-15,19H2,1-2H3,(H,34,35)/t22-,27-/m1/s1. The number of aryl methyl sites for hydroxylation is 1. The highest BCUT2D eigenvalue weighted by Crippen LogP contribution is 2.31. The largest absolute Gasteiger partial charge is 0.417 e. The van der Waals surface area contributed by atoms with Crippen LogP contribution in [-0.4, -0.2) is 82.5 Å². The van der Waals surface area contributed by atoms with Gasteiger partial charge in [0.15, 0.2) is 0 Å². The van der Waals surface area contributed by atoms with Crippen LogP contribution in [0, 0.1) is 12.8 Å². The molecule has 0 spiro atoms. The number of morpholine rings is 1. The second-order valence-corrected chi connectivity index (χ2v) is 11.0. The number of nitrogens with zero attached hydrogens (tertiary/aromatic N) is 5. The molecule has 220 valence electrons. The number of pyridine rings is 1. The minimum absolute atomic E-state index is 0.0523. The number of piperidine rings is 1. The molecule has 1 amide bonds. The number of carbonyl (C=O) groups is 1. The Bertz CT molecular complexity index is 1320. The highest BCUT2D eigenvalue weighted by molar-refractivity contribution is 6.01. The SMILES string of the molecule is Cc1ccc(-c2cnn(CCN3CCOCC3)c2)c(C(=O)N2CCC[C@@H](C)[C@H]2CNc2ccc(C(F)(F)F)cn2)c1. The summed E-state index contributed by atoms with van der Waals surface area (Å²) < 4.78 is 46.2. The first-order valence-corrected chi connectivity index (χ1v) is 14.2. The maximum absolute atomic E-state index is 14.1. The molecule has 41 heavy (non-hydrogen) atoms. The van der Waals surface area contributed by atoms with Gasteiger partial charge in [0.25, 0.3) is 5.91 Å². The summed E-state index contributed by atoms with van der Waals surface area (Å²) >= 11 is 0. The summed E-state index contributed by atoms with van der Waals surface area (Å²) in [6.07, 6.45) is 2.06. The van der Waals surface area contributed by atoms with Gasteiger partial charge in [-0.05, 0) is 49.4 Å². The van der Waals surface area contributed by atoms with Crippen LogP contribution in [0.1, 0.15) is 41.3 Å².